The second-order valence-electron chi connectivity index (χ2n) is 7.39. The summed E-state index contributed by atoms with van der Waals surface area (Å²) in [5.41, 5.74) is -0.0414. The second kappa shape index (κ2) is 11.0. The summed E-state index contributed by atoms with van der Waals surface area (Å²) < 4.78 is 31.5. The van der Waals surface area contributed by atoms with Gasteiger partial charge in [-0.05, 0) is 42.3 Å². The maximum atomic E-state index is 13.1. The Morgan fingerprint density at radius 1 is 1.29 bits per heavy atom. The molecule has 0 aliphatic carbocycles. The van der Waals surface area contributed by atoms with E-state index in [2.05, 4.69) is 0 Å². The van der Waals surface area contributed by atoms with E-state index in [4.69, 9.17) is 22.1 Å². The number of hydrogen-bond donors (Lipinski definition) is 1. The Labute approximate surface area is 210 Å². The highest BCUT2D eigenvalue weighted by molar-refractivity contribution is 8.26. The number of para-hydroxylation sites is 1. The minimum absolute atomic E-state index is 0.0495. The zero-order valence-corrected chi connectivity index (χ0v) is 20.8. The highest BCUT2D eigenvalue weighted by atomic mass is 32.2. The van der Waals surface area contributed by atoms with E-state index in [0.717, 1.165) is 11.8 Å². The Morgan fingerprint density at radius 2 is 2.00 bits per heavy atom. The molecule has 0 saturated carbocycles. The van der Waals surface area contributed by atoms with Gasteiger partial charge in [-0.2, -0.15) is 0 Å². The summed E-state index contributed by atoms with van der Waals surface area (Å²) >= 11 is 6.24. The number of carboxylic acid groups (broad SMARTS) is 1. The minimum atomic E-state index is -4.00. The highest BCUT2D eigenvalue weighted by Gasteiger charge is 2.32. The van der Waals surface area contributed by atoms with Gasteiger partial charge in [-0.15, -0.1) is 0 Å². The van der Waals surface area contributed by atoms with Crippen LogP contribution < -0.4 is 4.74 Å². The number of hydrogen-bond acceptors (Lipinski definition) is 9. The number of thiocarbonyl (C=S) groups is 1. The summed E-state index contributed by atoms with van der Waals surface area (Å²) in [6.07, 6.45) is 1.60. The molecular weight excluding hydrogens is 516 g/mol. The quantitative estimate of drug-likeness (QED) is 0.207. The number of carboxylic acids is 1. The monoisotopic (exact) mass is 536 g/mol. The molecule has 1 heterocycles. The van der Waals surface area contributed by atoms with E-state index >= 15 is 0 Å². The number of nitro benzene ring substituents is 1. The van der Waals surface area contributed by atoms with Crippen LogP contribution in [0.4, 0.5) is 5.69 Å². The van der Waals surface area contributed by atoms with Crippen molar-refractivity contribution < 1.29 is 32.8 Å². The van der Waals surface area contributed by atoms with E-state index in [1.54, 1.807) is 6.07 Å². The van der Waals surface area contributed by atoms with Crippen LogP contribution in [0.1, 0.15) is 24.0 Å². The van der Waals surface area contributed by atoms with Crippen LogP contribution in [0.25, 0.3) is 6.08 Å². The van der Waals surface area contributed by atoms with E-state index < -0.39 is 32.4 Å². The minimum Gasteiger partial charge on any atom is -0.495 e. The maximum Gasteiger partial charge on any atom is 0.303 e. The molecule has 2 aromatic carbocycles. The van der Waals surface area contributed by atoms with Gasteiger partial charge in [-0.3, -0.25) is 24.6 Å². The van der Waals surface area contributed by atoms with Crippen molar-refractivity contribution in [2.75, 3.05) is 13.7 Å². The number of carbonyl (C=O) groups excluding carboxylic acids is 1. The Kier molecular flexibility index (Phi) is 8.25. The molecule has 3 rings (SSSR count). The van der Waals surface area contributed by atoms with Crippen LogP contribution in [-0.2, 0) is 25.2 Å². The number of aliphatic carboxylic acids is 1. The van der Waals surface area contributed by atoms with Crippen molar-refractivity contribution in [2.24, 2.45) is 0 Å². The van der Waals surface area contributed by atoms with Crippen LogP contribution in [-0.4, -0.2) is 53.2 Å². The normalized spacial score (nSPS) is 15.0. The molecule has 1 fully saturated rings. The molecule has 0 atom stereocenters. The van der Waals surface area contributed by atoms with Gasteiger partial charge < -0.3 is 9.84 Å². The lowest BCUT2D eigenvalue weighted by Crippen LogP contribution is -2.29. The molecular formula is C22H20N2O8S3. The number of benzene rings is 2. The van der Waals surface area contributed by atoms with E-state index in [9.17, 15) is 28.1 Å². The van der Waals surface area contributed by atoms with Crippen molar-refractivity contribution >= 4 is 61.8 Å². The Morgan fingerprint density at radius 3 is 2.66 bits per heavy atom. The van der Waals surface area contributed by atoms with Crippen LogP contribution in [0.3, 0.4) is 0 Å². The smallest absolute Gasteiger partial charge is 0.303 e. The highest BCUT2D eigenvalue weighted by Crippen LogP contribution is 2.34. The summed E-state index contributed by atoms with van der Waals surface area (Å²) in [5, 5.41) is 20.3. The molecule has 0 aromatic heterocycles. The molecule has 35 heavy (non-hydrogen) atoms. The van der Waals surface area contributed by atoms with Crippen LogP contribution >= 0.6 is 24.0 Å². The van der Waals surface area contributed by atoms with Gasteiger partial charge in [-0.25, -0.2) is 8.42 Å². The number of rotatable bonds is 10. The molecule has 1 aliphatic heterocycles. The standard InChI is InChI=1S/C22H20N2O8S3/c1-32-17-5-2-3-6-19(17)35(30,31)13-15-11-14(8-9-16(15)24(28)29)12-18-21(27)23(22(33)34-18)10-4-7-20(25)26/h2-3,5-6,8-9,11-12H,4,7,10,13H2,1H3,(H,25,26). The first kappa shape index (κ1) is 26.3. The average Bonchev–Trinajstić information content (AvgIpc) is 3.05. The predicted octanol–water partition coefficient (Wildman–Crippen LogP) is 3.64. The third-order valence-electron chi connectivity index (χ3n) is 4.99. The van der Waals surface area contributed by atoms with Crippen molar-refractivity contribution in [3.8, 4) is 5.75 Å². The van der Waals surface area contributed by atoms with Gasteiger partial charge in [0.2, 0.25) is 0 Å². The van der Waals surface area contributed by atoms with Gasteiger partial charge in [0.1, 0.15) is 15.0 Å². The van der Waals surface area contributed by atoms with Gasteiger partial charge in [-0.1, -0.05) is 36.1 Å². The molecule has 0 unspecified atom stereocenters. The third-order valence-corrected chi connectivity index (χ3v) is 8.07. The summed E-state index contributed by atoms with van der Waals surface area (Å²) in [5.74, 6) is -1.92. The fourth-order valence-corrected chi connectivity index (χ4v) is 6.23. The van der Waals surface area contributed by atoms with Gasteiger partial charge in [0.15, 0.2) is 9.84 Å². The Balaban J connectivity index is 1.92. The van der Waals surface area contributed by atoms with E-state index in [-0.39, 0.29) is 50.5 Å². The number of sulfone groups is 1. The lowest BCUT2D eigenvalue weighted by atomic mass is 10.1. The van der Waals surface area contributed by atoms with Crippen LogP contribution in [0.2, 0.25) is 0 Å². The zero-order valence-electron chi connectivity index (χ0n) is 18.4. The largest absolute Gasteiger partial charge is 0.495 e. The first-order chi connectivity index (χ1) is 16.5. The number of thioether (sulfide) groups is 1. The molecule has 13 heteroatoms. The topological polar surface area (TPSA) is 144 Å². The lowest BCUT2D eigenvalue weighted by Gasteiger charge is -2.13. The van der Waals surface area contributed by atoms with Gasteiger partial charge in [0.25, 0.3) is 11.6 Å². The molecule has 1 N–H and O–H groups in total. The SMILES string of the molecule is COc1ccccc1S(=O)(=O)Cc1cc(C=C2SC(=S)N(CCCC(=O)O)C2=O)ccc1[N+](=O)[O-]. The maximum absolute atomic E-state index is 13.1. The zero-order chi connectivity index (χ0) is 25.8. The molecule has 1 saturated heterocycles. The van der Waals surface area contributed by atoms with Crippen molar-refractivity contribution in [1.82, 2.24) is 4.90 Å². The summed E-state index contributed by atoms with van der Waals surface area (Å²) in [6.45, 7) is 0.150. The predicted molar refractivity (Wildman–Crippen MR) is 134 cm³/mol. The molecule has 10 nitrogen and oxygen atoms in total. The molecule has 1 aliphatic rings. The van der Waals surface area contributed by atoms with Crippen LogP contribution in [0, 0.1) is 10.1 Å². The van der Waals surface area contributed by atoms with Gasteiger partial charge in [0, 0.05) is 24.6 Å². The van der Waals surface area contributed by atoms with Crippen molar-refractivity contribution in [2.45, 2.75) is 23.5 Å². The Hall–Kier alpha value is -3.29. The summed E-state index contributed by atoms with van der Waals surface area (Å²) in [6, 6.07) is 9.93. The molecule has 184 valence electrons. The Bertz CT molecular complexity index is 1340. The fraction of sp³-hybridized carbons (Fsp3) is 0.227. The van der Waals surface area contributed by atoms with Crippen molar-refractivity contribution in [1.29, 1.82) is 0 Å². The van der Waals surface area contributed by atoms with Crippen molar-refractivity contribution in [3.05, 3.63) is 68.6 Å². The first-order valence-corrected chi connectivity index (χ1v) is 13.0. The number of amides is 1. The molecule has 1 amide bonds. The van der Waals surface area contributed by atoms with Crippen LogP contribution in [0.5, 0.6) is 5.75 Å². The number of ether oxygens (including phenoxy) is 1. The van der Waals surface area contributed by atoms with Gasteiger partial charge in [0.05, 0.1) is 22.7 Å². The number of nitro groups is 1. The number of nitrogens with zero attached hydrogens (tertiary/aromatic N) is 2. The van der Waals surface area contributed by atoms with E-state index in [1.165, 1.54) is 54.5 Å². The van der Waals surface area contributed by atoms with E-state index in [0.29, 0.717) is 5.56 Å². The molecule has 0 spiro atoms. The first-order valence-electron chi connectivity index (χ1n) is 10.1. The molecule has 2 aromatic rings. The molecule has 0 bridgehead atoms. The fourth-order valence-electron chi connectivity index (χ4n) is 3.38. The summed E-state index contributed by atoms with van der Waals surface area (Å²) in [4.78, 5) is 35.8. The van der Waals surface area contributed by atoms with Crippen LogP contribution in [0.15, 0.2) is 52.3 Å². The van der Waals surface area contributed by atoms with Crippen molar-refractivity contribution in [3.63, 3.8) is 0 Å². The second-order valence-corrected chi connectivity index (χ2v) is 11.0. The third kappa shape index (κ3) is 6.24. The molecule has 0 radical (unpaired) electrons. The number of methoxy groups -OCH3 is 1. The number of carbonyl (C=O) groups is 2. The van der Waals surface area contributed by atoms with Gasteiger partial charge >= 0.3 is 5.97 Å². The average molecular weight is 537 g/mol. The lowest BCUT2D eigenvalue weighted by molar-refractivity contribution is -0.385. The van der Waals surface area contributed by atoms with E-state index in [1.807, 2.05) is 0 Å². The summed E-state index contributed by atoms with van der Waals surface area (Å²) in [7, 11) is -2.67.